The van der Waals surface area contributed by atoms with Crippen molar-refractivity contribution in [2.45, 2.75) is 44.8 Å². The zero-order valence-electron chi connectivity index (χ0n) is 11.0. The Morgan fingerprint density at radius 3 is 3.05 bits per heavy atom. The smallest absolute Gasteiger partial charge is 0.255 e. The molecule has 3 nitrogen and oxygen atoms in total. The van der Waals surface area contributed by atoms with Gasteiger partial charge >= 0.3 is 0 Å². The summed E-state index contributed by atoms with van der Waals surface area (Å²) >= 11 is 0. The summed E-state index contributed by atoms with van der Waals surface area (Å²) in [5.74, 6) is 0. The van der Waals surface area contributed by atoms with E-state index in [0.29, 0.717) is 12.6 Å². The van der Waals surface area contributed by atoms with E-state index in [1.165, 1.54) is 23.8 Å². The van der Waals surface area contributed by atoms with Gasteiger partial charge in [-0.15, -0.1) is 0 Å². The van der Waals surface area contributed by atoms with E-state index in [4.69, 9.17) is 0 Å². The lowest BCUT2D eigenvalue weighted by molar-refractivity contribution is 0.602. The minimum atomic E-state index is 0.202. The molecule has 1 aromatic heterocycles. The van der Waals surface area contributed by atoms with Crippen molar-refractivity contribution in [2.24, 2.45) is 0 Å². The maximum atomic E-state index is 12.6. The number of para-hydroxylation sites is 1. The Bertz CT molecular complexity index is 698. The molecule has 0 spiro atoms. The maximum Gasteiger partial charge on any atom is 0.255 e. The van der Waals surface area contributed by atoms with Gasteiger partial charge in [-0.05, 0) is 42.7 Å². The van der Waals surface area contributed by atoms with E-state index in [0.717, 1.165) is 30.5 Å². The second-order valence-corrected chi connectivity index (χ2v) is 5.74. The molecule has 1 N–H and O–H groups in total. The molecular formula is C16H18N2O. The standard InChI is InChI=1S/C16H18N2O/c19-16-13(10-17-14-6-7-14)9-12-4-1-3-11-5-2-8-18(16)15(11)12/h1,3-4,9,14,17H,2,5-8,10H2. The van der Waals surface area contributed by atoms with Crippen molar-refractivity contribution in [3.05, 3.63) is 45.7 Å². The number of rotatable bonds is 3. The van der Waals surface area contributed by atoms with Gasteiger partial charge in [-0.3, -0.25) is 4.79 Å². The Morgan fingerprint density at radius 2 is 2.21 bits per heavy atom. The van der Waals surface area contributed by atoms with Gasteiger partial charge in [0.2, 0.25) is 0 Å². The van der Waals surface area contributed by atoms with Crippen molar-refractivity contribution >= 4 is 10.9 Å². The molecule has 2 aliphatic rings. The van der Waals surface area contributed by atoms with Crippen molar-refractivity contribution < 1.29 is 0 Å². The first-order valence-electron chi connectivity index (χ1n) is 7.20. The van der Waals surface area contributed by atoms with E-state index in [1.807, 2.05) is 4.57 Å². The summed E-state index contributed by atoms with van der Waals surface area (Å²) in [5.41, 5.74) is 3.60. The monoisotopic (exact) mass is 254 g/mol. The highest BCUT2D eigenvalue weighted by atomic mass is 16.1. The van der Waals surface area contributed by atoms with Gasteiger partial charge in [0.1, 0.15) is 0 Å². The van der Waals surface area contributed by atoms with Crippen LogP contribution < -0.4 is 10.9 Å². The highest BCUT2D eigenvalue weighted by Gasteiger charge is 2.21. The first-order chi connectivity index (χ1) is 9.33. The minimum Gasteiger partial charge on any atom is -0.310 e. The largest absolute Gasteiger partial charge is 0.310 e. The topological polar surface area (TPSA) is 34.0 Å². The molecule has 0 saturated heterocycles. The quantitative estimate of drug-likeness (QED) is 0.911. The van der Waals surface area contributed by atoms with Gasteiger partial charge < -0.3 is 9.88 Å². The molecule has 1 aliphatic carbocycles. The van der Waals surface area contributed by atoms with Crippen LogP contribution in [0.3, 0.4) is 0 Å². The minimum absolute atomic E-state index is 0.202. The molecule has 98 valence electrons. The van der Waals surface area contributed by atoms with Crippen LogP contribution in [0.4, 0.5) is 0 Å². The fraction of sp³-hybridized carbons (Fsp3) is 0.438. The van der Waals surface area contributed by atoms with Crippen molar-refractivity contribution in [1.82, 2.24) is 9.88 Å². The van der Waals surface area contributed by atoms with Crippen LogP contribution in [0.15, 0.2) is 29.1 Å². The van der Waals surface area contributed by atoms with Crippen LogP contribution >= 0.6 is 0 Å². The van der Waals surface area contributed by atoms with Crippen LogP contribution in [0.5, 0.6) is 0 Å². The molecule has 0 radical (unpaired) electrons. The molecule has 1 aromatic carbocycles. The molecule has 3 heteroatoms. The molecular weight excluding hydrogens is 236 g/mol. The van der Waals surface area contributed by atoms with E-state index in [2.05, 4.69) is 29.6 Å². The Morgan fingerprint density at radius 1 is 1.32 bits per heavy atom. The third kappa shape index (κ3) is 1.89. The summed E-state index contributed by atoms with van der Waals surface area (Å²) < 4.78 is 1.98. The first-order valence-corrected chi connectivity index (χ1v) is 7.20. The average molecular weight is 254 g/mol. The number of hydrogen-bond acceptors (Lipinski definition) is 2. The Hall–Kier alpha value is -1.61. The van der Waals surface area contributed by atoms with Gasteiger partial charge in [-0.25, -0.2) is 0 Å². The second-order valence-electron chi connectivity index (χ2n) is 5.74. The predicted octanol–water partition coefficient (Wildman–Crippen LogP) is 2.20. The van der Waals surface area contributed by atoms with Crippen LogP contribution in [-0.2, 0) is 19.5 Å². The van der Waals surface area contributed by atoms with Gasteiger partial charge in [0.05, 0.1) is 5.52 Å². The van der Waals surface area contributed by atoms with E-state index in [1.54, 1.807) is 0 Å². The number of aromatic nitrogens is 1. The zero-order chi connectivity index (χ0) is 12.8. The average Bonchev–Trinajstić information content (AvgIpc) is 3.25. The highest BCUT2D eigenvalue weighted by Crippen LogP contribution is 2.24. The SMILES string of the molecule is O=c1c(CNC2CC2)cc2cccc3c2n1CCC3. The number of hydrogen-bond donors (Lipinski definition) is 1. The normalized spacial score (nSPS) is 17.9. The van der Waals surface area contributed by atoms with Crippen LogP contribution in [0, 0.1) is 0 Å². The van der Waals surface area contributed by atoms with Crippen molar-refractivity contribution in [3.8, 4) is 0 Å². The maximum absolute atomic E-state index is 12.6. The molecule has 0 bridgehead atoms. The molecule has 1 fully saturated rings. The summed E-state index contributed by atoms with van der Waals surface area (Å²) in [6, 6.07) is 9.11. The Kier molecular flexibility index (Phi) is 2.49. The fourth-order valence-corrected chi connectivity index (χ4v) is 3.09. The summed E-state index contributed by atoms with van der Waals surface area (Å²) in [5, 5.41) is 4.66. The van der Waals surface area contributed by atoms with Gasteiger partial charge in [-0.2, -0.15) is 0 Å². The summed E-state index contributed by atoms with van der Waals surface area (Å²) in [6.45, 7) is 1.58. The van der Waals surface area contributed by atoms with Crippen molar-refractivity contribution in [2.75, 3.05) is 0 Å². The third-order valence-electron chi connectivity index (χ3n) is 4.26. The summed E-state index contributed by atoms with van der Waals surface area (Å²) in [4.78, 5) is 12.6. The van der Waals surface area contributed by atoms with Crippen LogP contribution in [0.2, 0.25) is 0 Å². The van der Waals surface area contributed by atoms with Gasteiger partial charge in [-0.1, -0.05) is 18.2 Å². The number of benzene rings is 1. The lowest BCUT2D eigenvalue weighted by atomic mass is 10.00. The van der Waals surface area contributed by atoms with Gasteiger partial charge in [0, 0.05) is 24.7 Å². The predicted molar refractivity (Wildman–Crippen MR) is 76.4 cm³/mol. The van der Waals surface area contributed by atoms with Crippen LogP contribution in [-0.4, -0.2) is 10.6 Å². The van der Waals surface area contributed by atoms with Crippen LogP contribution in [0.25, 0.3) is 10.9 Å². The molecule has 2 heterocycles. The molecule has 0 unspecified atom stereocenters. The van der Waals surface area contributed by atoms with Crippen molar-refractivity contribution in [3.63, 3.8) is 0 Å². The number of aryl methyl sites for hydroxylation is 2. The lowest BCUT2D eigenvalue weighted by Crippen LogP contribution is -2.30. The molecule has 0 atom stereocenters. The van der Waals surface area contributed by atoms with Gasteiger partial charge in [0.25, 0.3) is 5.56 Å². The van der Waals surface area contributed by atoms with Gasteiger partial charge in [0.15, 0.2) is 0 Å². The number of nitrogens with one attached hydrogen (secondary N) is 1. The zero-order valence-corrected chi connectivity index (χ0v) is 11.0. The highest BCUT2D eigenvalue weighted by molar-refractivity contribution is 5.83. The fourth-order valence-electron chi connectivity index (χ4n) is 3.09. The first kappa shape index (κ1) is 11.2. The summed E-state index contributed by atoms with van der Waals surface area (Å²) in [6.07, 6.45) is 4.68. The molecule has 4 rings (SSSR count). The van der Waals surface area contributed by atoms with Crippen LogP contribution in [0.1, 0.15) is 30.4 Å². The lowest BCUT2D eigenvalue weighted by Gasteiger charge is -2.20. The van der Waals surface area contributed by atoms with Crippen molar-refractivity contribution in [1.29, 1.82) is 0 Å². The Labute approximate surface area is 112 Å². The van der Waals surface area contributed by atoms with E-state index < -0.39 is 0 Å². The molecule has 1 saturated carbocycles. The molecule has 0 amide bonds. The van der Waals surface area contributed by atoms with E-state index in [9.17, 15) is 4.79 Å². The number of nitrogens with zero attached hydrogens (tertiary/aromatic N) is 1. The third-order valence-corrected chi connectivity index (χ3v) is 4.26. The second kappa shape index (κ2) is 4.20. The molecule has 1 aliphatic heterocycles. The Balaban J connectivity index is 1.86. The molecule has 19 heavy (non-hydrogen) atoms. The number of pyridine rings is 1. The molecule has 2 aromatic rings. The van der Waals surface area contributed by atoms with E-state index >= 15 is 0 Å². The summed E-state index contributed by atoms with van der Waals surface area (Å²) in [7, 11) is 0. The van der Waals surface area contributed by atoms with E-state index in [-0.39, 0.29) is 5.56 Å².